The lowest BCUT2D eigenvalue weighted by Crippen LogP contribution is -2.30. The van der Waals surface area contributed by atoms with E-state index < -0.39 is 4.92 Å². The number of carbonyl (C=O) groups is 1. The van der Waals surface area contributed by atoms with Gasteiger partial charge in [0.05, 0.1) is 10.5 Å². The largest absolute Gasteiger partial charge is 0.380 e. The van der Waals surface area contributed by atoms with Crippen LogP contribution in [-0.4, -0.2) is 31.0 Å². The van der Waals surface area contributed by atoms with Gasteiger partial charge in [-0.3, -0.25) is 14.9 Å². The predicted molar refractivity (Wildman–Crippen MR) is 106 cm³/mol. The molecular formula is C20H24N4O3. The number of para-hydroxylation sites is 1. The third-order valence-electron chi connectivity index (χ3n) is 4.84. The summed E-state index contributed by atoms with van der Waals surface area (Å²) < 4.78 is 0. The molecule has 1 fully saturated rings. The van der Waals surface area contributed by atoms with Crippen LogP contribution in [0.4, 0.5) is 17.1 Å². The maximum absolute atomic E-state index is 12.2. The molecule has 0 bridgehead atoms. The maximum atomic E-state index is 12.2. The quantitative estimate of drug-likeness (QED) is 0.601. The second-order valence-electron chi connectivity index (χ2n) is 6.60. The van der Waals surface area contributed by atoms with Crippen LogP contribution in [0, 0.1) is 10.1 Å². The molecule has 2 aromatic carbocycles. The van der Waals surface area contributed by atoms with Gasteiger partial charge >= 0.3 is 0 Å². The van der Waals surface area contributed by atoms with Gasteiger partial charge in [-0.2, -0.15) is 0 Å². The number of carbonyl (C=O) groups excluding carboxylic acids is 1. The molecule has 3 rings (SSSR count). The Labute approximate surface area is 158 Å². The van der Waals surface area contributed by atoms with Crippen molar-refractivity contribution in [2.45, 2.75) is 25.8 Å². The van der Waals surface area contributed by atoms with Crippen LogP contribution in [0.1, 0.15) is 35.2 Å². The van der Waals surface area contributed by atoms with E-state index in [1.807, 2.05) is 12.1 Å². The van der Waals surface area contributed by atoms with E-state index in [9.17, 15) is 14.9 Å². The zero-order valence-corrected chi connectivity index (χ0v) is 15.4. The first-order valence-electron chi connectivity index (χ1n) is 9.17. The first-order chi connectivity index (χ1) is 13.1. The summed E-state index contributed by atoms with van der Waals surface area (Å²) in [4.78, 5) is 25.1. The van der Waals surface area contributed by atoms with E-state index in [-0.39, 0.29) is 17.2 Å². The molecule has 27 heavy (non-hydrogen) atoms. The van der Waals surface area contributed by atoms with Gasteiger partial charge in [-0.15, -0.1) is 0 Å². The van der Waals surface area contributed by atoms with Gasteiger partial charge in [0, 0.05) is 50.2 Å². The minimum Gasteiger partial charge on any atom is -0.380 e. The molecule has 7 nitrogen and oxygen atoms in total. The fourth-order valence-electron chi connectivity index (χ4n) is 3.42. The van der Waals surface area contributed by atoms with Crippen molar-refractivity contribution in [3.63, 3.8) is 0 Å². The SMILES string of the molecule is CNC(=O)c1cc([N+](=O)[O-])ccc1NCc1ccccc1N1CCCCC1. The summed E-state index contributed by atoms with van der Waals surface area (Å²) in [5.74, 6) is -0.356. The lowest BCUT2D eigenvalue weighted by atomic mass is 10.1. The Bertz CT molecular complexity index is 832. The molecule has 2 aromatic rings. The number of benzene rings is 2. The van der Waals surface area contributed by atoms with E-state index >= 15 is 0 Å². The first-order valence-corrected chi connectivity index (χ1v) is 9.17. The van der Waals surface area contributed by atoms with Gasteiger partial charge in [0.2, 0.25) is 0 Å². The molecule has 0 spiro atoms. The molecule has 142 valence electrons. The number of rotatable bonds is 6. The summed E-state index contributed by atoms with van der Waals surface area (Å²) in [5.41, 5.74) is 3.08. The van der Waals surface area contributed by atoms with Crippen LogP contribution in [0.2, 0.25) is 0 Å². The number of piperidine rings is 1. The van der Waals surface area contributed by atoms with Crippen LogP contribution >= 0.6 is 0 Å². The highest BCUT2D eigenvalue weighted by Gasteiger charge is 2.17. The van der Waals surface area contributed by atoms with E-state index in [1.165, 1.54) is 44.1 Å². The standard InChI is InChI=1S/C20H24N4O3/c1-21-20(25)17-13-16(24(26)27)9-10-18(17)22-14-15-7-3-4-8-19(15)23-11-5-2-6-12-23/h3-4,7-10,13,22H,2,5-6,11-12,14H2,1H3,(H,21,25). The van der Waals surface area contributed by atoms with E-state index in [0.717, 1.165) is 18.7 Å². The van der Waals surface area contributed by atoms with Crippen LogP contribution in [0.5, 0.6) is 0 Å². The second-order valence-corrected chi connectivity index (χ2v) is 6.60. The van der Waals surface area contributed by atoms with E-state index in [2.05, 4.69) is 27.7 Å². The smallest absolute Gasteiger partial charge is 0.270 e. The molecule has 1 aliphatic rings. The Balaban J connectivity index is 1.83. The van der Waals surface area contributed by atoms with E-state index in [1.54, 1.807) is 6.07 Å². The lowest BCUT2D eigenvalue weighted by Gasteiger charge is -2.30. The van der Waals surface area contributed by atoms with Gasteiger partial charge in [-0.25, -0.2) is 0 Å². The predicted octanol–water partition coefficient (Wildman–Crippen LogP) is 3.56. The van der Waals surface area contributed by atoms with Crippen LogP contribution in [0.15, 0.2) is 42.5 Å². The Morgan fingerprint density at radius 2 is 1.89 bits per heavy atom. The van der Waals surface area contributed by atoms with Crippen LogP contribution in [0.25, 0.3) is 0 Å². The number of nitrogens with zero attached hydrogens (tertiary/aromatic N) is 2. The minimum absolute atomic E-state index is 0.104. The van der Waals surface area contributed by atoms with Gasteiger partial charge in [-0.05, 0) is 37.0 Å². The first kappa shape index (κ1) is 18.7. The van der Waals surface area contributed by atoms with Gasteiger partial charge in [0.15, 0.2) is 0 Å². The molecule has 0 aliphatic carbocycles. The van der Waals surface area contributed by atoms with Crippen LogP contribution in [-0.2, 0) is 6.54 Å². The molecule has 1 aliphatic heterocycles. The molecule has 2 N–H and O–H groups in total. The molecule has 0 radical (unpaired) electrons. The van der Waals surface area contributed by atoms with Crippen LogP contribution < -0.4 is 15.5 Å². The van der Waals surface area contributed by atoms with Gasteiger partial charge in [0.1, 0.15) is 0 Å². The number of hydrogen-bond donors (Lipinski definition) is 2. The number of nitro groups is 1. The number of anilines is 2. The Kier molecular flexibility index (Phi) is 5.90. The molecule has 0 unspecified atom stereocenters. The zero-order chi connectivity index (χ0) is 19.2. The monoisotopic (exact) mass is 368 g/mol. The minimum atomic E-state index is -0.498. The molecule has 0 aromatic heterocycles. The van der Waals surface area contributed by atoms with Gasteiger partial charge in [-0.1, -0.05) is 18.2 Å². The topological polar surface area (TPSA) is 87.5 Å². The Morgan fingerprint density at radius 3 is 2.59 bits per heavy atom. The maximum Gasteiger partial charge on any atom is 0.270 e. The number of hydrogen-bond acceptors (Lipinski definition) is 5. The molecule has 0 atom stereocenters. The summed E-state index contributed by atoms with van der Waals surface area (Å²) in [6.45, 7) is 2.64. The summed E-state index contributed by atoms with van der Waals surface area (Å²) >= 11 is 0. The van der Waals surface area contributed by atoms with Gasteiger partial charge in [0.25, 0.3) is 11.6 Å². The fraction of sp³-hybridized carbons (Fsp3) is 0.350. The van der Waals surface area contributed by atoms with Crippen molar-refractivity contribution in [2.75, 3.05) is 30.4 Å². The third kappa shape index (κ3) is 4.36. The summed E-state index contributed by atoms with van der Waals surface area (Å²) in [6, 6.07) is 12.5. The fourth-order valence-corrected chi connectivity index (χ4v) is 3.42. The summed E-state index contributed by atoms with van der Waals surface area (Å²) in [5, 5.41) is 16.8. The van der Waals surface area contributed by atoms with E-state index in [0.29, 0.717) is 12.2 Å². The lowest BCUT2D eigenvalue weighted by molar-refractivity contribution is -0.384. The summed E-state index contributed by atoms with van der Waals surface area (Å²) in [6.07, 6.45) is 3.67. The average molecular weight is 368 g/mol. The number of non-ortho nitro benzene ring substituents is 1. The highest BCUT2D eigenvalue weighted by molar-refractivity contribution is 6.00. The van der Waals surface area contributed by atoms with Gasteiger partial charge < -0.3 is 15.5 Å². The number of nitro benzene ring substituents is 1. The van der Waals surface area contributed by atoms with Crippen molar-refractivity contribution in [2.24, 2.45) is 0 Å². The molecule has 1 amide bonds. The third-order valence-corrected chi connectivity index (χ3v) is 4.84. The average Bonchev–Trinajstić information content (AvgIpc) is 2.72. The van der Waals surface area contributed by atoms with Crippen molar-refractivity contribution in [3.05, 3.63) is 63.7 Å². The number of nitrogens with one attached hydrogen (secondary N) is 2. The number of amides is 1. The normalized spacial score (nSPS) is 13.9. The van der Waals surface area contributed by atoms with Crippen LogP contribution in [0.3, 0.4) is 0 Å². The molecular weight excluding hydrogens is 344 g/mol. The highest BCUT2D eigenvalue weighted by atomic mass is 16.6. The second kappa shape index (κ2) is 8.53. The Hall–Kier alpha value is -3.09. The van der Waals surface area contributed by atoms with Crippen molar-refractivity contribution in [1.82, 2.24) is 5.32 Å². The van der Waals surface area contributed by atoms with E-state index in [4.69, 9.17) is 0 Å². The van der Waals surface area contributed by atoms with Crippen molar-refractivity contribution >= 4 is 23.0 Å². The molecule has 0 saturated carbocycles. The zero-order valence-electron chi connectivity index (χ0n) is 15.4. The Morgan fingerprint density at radius 1 is 1.15 bits per heavy atom. The molecule has 1 saturated heterocycles. The van der Waals surface area contributed by atoms with Crippen molar-refractivity contribution < 1.29 is 9.72 Å². The molecule has 1 heterocycles. The van der Waals surface area contributed by atoms with Crippen molar-refractivity contribution in [1.29, 1.82) is 0 Å². The highest BCUT2D eigenvalue weighted by Crippen LogP contribution is 2.27. The summed E-state index contributed by atoms with van der Waals surface area (Å²) in [7, 11) is 1.51. The van der Waals surface area contributed by atoms with Crippen molar-refractivity contribution in [3.8, 4) is 0 Å². The molecule has 7 heteroatoms.